The molecule has 0 radical (unpaired) electrons. The summed E-state index contributed by atoms with van der Waals surface area (Å²) in [6.07, 6.45) is 23.9. The van der Waals surface area contributed by atoms with Crippen molar-refractivity contribution in [2.75, 3.05) is 0 Å². The summed E-state index contributed by atoms with van der Waals surface area (Å²) in [4.78, 5) is 12.2. The smallest absolute Gasteiger partial charge is 0.136 e. The summed E-state index contributed by atoms with van der Waals surface area (Å²) >= 11 is 0. The van der Waals surface area contributed by atoms with Crippen LogP contribution < -0.4 is 0 Å². The van der Waals surface area contributed by atoms with Gasteiger partial charge in [0.05, 0.1) is 17.3 Å². The van der Waals surface area contributed by atoms with Crippen molar-refractivity contribution in [1.82, 2.24) is 0 Å². The van der Waals surface area contributed by atoms with Crippen molar-refractivity contribution >= 4 is 5.78 Å². The van der Waals surface area contributed by atoms with Crippen molar-refractivity contribution < 1.29 is 20.1 Å². The molecule has 4 heteroatoms. The fourth-order valence-corrected chi connectivity index (χ4v) is 11.7. The van der Waals surface area contributed by atoms with Crippen molar-refractivity contribution in [3.05, 3.63) is 24.3 Å². The lowest BCUT2D eigenvalue weighted by Crippen LogP contribution is -2.41. The molecule has 13 atom stereocenters. The van der Waals surface area contributed by atoms with Crippen LogP contribution in [0.25, 0.3) is 0 Å². The van der Waals surface area contributed by atoms with Crippen molar-refractivity contribution in [3.63, 3.8) is 0 Å². The fraction of sp³-hybridized carbons (Fsp3) is 0.868. The third-order valence-corrected chi connectivity index (χ3v) is 13.6. The van der Waals surface area contributed by atoms with Crippen LogP contribution in [0.15, 0.2) is 24.3 Å². The molecule has 0 spiro atoms. The largest absolute Gasteiger partial charge is 0.393 e. The van der Waals surface area contributed by atoms with Gasteiger partial charge in [-0.1, -0.05) is 58.4 Å². The molecular formula is C38H62O4. The number of Topliss-reactive ketones (excluding diaryl/α,β-unsaturated/α-hetero) is 1. The first-order valence-corrected chi connectivity index (χ1v) is 17.7. The SMILES string of the molecule is CC(CC1C=CC(C)(O)C1)C1CCC2C(=O)CCC[C@@]21C.CC(CC1C=CC(C)(O)C1)C1CCC2C(O)CCC[C@]12C. The van der Waals surface area contributed by atoms with Gasteiger partial charge in [0.25, 0.3) is 0 Å². The van der Waals surface area contributed by atoms with Crippen LogP contribution in [0.1, 0.15) is 131 Å². The molecule has 0 saturated heterocycles. The standard InChI is InChI=1S/C19H32O2.C19H30O2/c2*1-13(11-14-8-10-18(2,21)12-14)15-6-7-16-17(20)5-4-9-19(15,16)3/h8,10,13-17,20-21H,4-7,9,11-12H2,1-3H3;8,10,13-16,21H,4-7,9,11-12H2,1-3H3/t13?,14?,15?,16?,17?,18?,19-;13?,14?,15?,16?,18?,19-/m11/s1. The van der Waals surface area contributed by atoms with Crippen molar-refractivity contribution in [2.45, 2.75) is 149 Å². The van der Waals surface area contributed by atoms with Gasteiger partial charge < -0.3 is 15.3 Å². The van der Waals surface area contributed by atoms with Gasteiger partial charge in [0.2, 0.25) is 0 Å². The molecule has 4 saturated carbocycles. The minimum absolute atomic E-state index is 0.0620. The molecule has 6 rings (SSSR count). The molecule has 0 heterocycles. The highest BCUT2D eigenvalue weighted by Gasteiger charge is 2.53. The molecule has 238 valence electrons. The Balaban J connectivity index is 0.000000168. The first-order chi connectivity index (χ1) is 19.6. The van der Waals surface area contributed by atoms with Crippen LogP contribution in [0.5, 0.6) is 0 Å². The number of carbonyl (C=O) groups excluding carboxylic acids is 1. The summed E-state index contributed by atoms with van der Waals surface area (Å²) in [5.41, 5.74) is -0.595. The zero-order valence-corrected chi connectivity index (χ0v) is 27.7. The maximum atomic E-state index is 12.2. The lowest BCUT2D eigenvalue weighted by Gasteiger charge is -2.45. The lowest BCUT2D eigenvalue weighted by atomic mass is 9.61. The van der Waals surface area contributed by atoms with Gasteiger partial charge in [-0.25, -0.2) is 0 Å². The predicted molar refractivity (Wildman–Crippen MR) is 171 cm³/mol. The Morgan fingerprint density at radius 2 is 1.29 bits per heavy atom. The van der Waals surface area contributed by atoms with Gasteiger partial charge in [-0.15, -0.1) is 0 Å². The molecule has 0 bridgehead atoms. The molecule has 3 N–H and O–H groups in total. The Bertz CT molecular complexity index is 1030. The second kappa shape index (κ2) is 12.1. The molecule has 0 amide bonds. The first kappa shape index (κ1) is 32.4. The van der Waals surface area contributed by atoms with E-state index in [9.17, 15) is 20.1 Å². The monoisotopic (exact) mass is 582 g/mol. The predicted octanol–water partition coefficient (Wildman–Crippen LogP) is 8.04. The van der Waals surface area contributed by atoms with Crippen LogP contribution >= 0.6 is 0 Å². The summed E-state index contributed by atoms with van der Waals surface area (Å²) in [7, 11) is 0. The Kier molecular flexibility index (Phi) is 9.33. The zero-order valence-electron chi connectivity index (χ0n) is 27.7. The van der Waals surface area contributed by atoms with E-state index in [2.05, 4.69) is 39.8 Å². The topological polar surface area (TPSA) is 77.8 Å². The number of fused-ring (bicyclic) bond motifs is 2. The third-order valence-electron chi connectivity index (χ3n) is 13.6. The Morgan fingerprint density at radius 1 is 0.762 bits per heavy atom. The van der Waals surface area contributed by atoms with E-state index in [1.54, 1.807) is 0 Å². The van der Waals surface area contributed by atoms with Gasteiger partial charge in [0.1, 0.15) is 5.78 Å². The van der Waals surface area contributed by atoms with Crippen LogP contribution in [0, 0.1) is 58.2 Å². The Morgan fingerprint density at radius 3 is 1.83 bits per heavy atom. The number of aliphatic hydroxyl groups is 3. The van der Waals surface area contributed by atoms with Crippen LogP contribution in [-0.2, 0) is 4.79 Å². The molecular weight excluding hydrogens is 520 g/mol. The van der Waals surface area contributed by atoms with Gasteiger partial charge in [0, 0.05) is 12.3 Å². The number of hydrogen-bond acceptors (Lipinski definition) is 4. The molecule has 6 aliphatic rings. The number of hydrogen-bond donors (Lipinski definition) is 3. The number of allylic oxidation sites excluding steroid dienone is 2. The summed E-state index contributed by atoms with van der Waals surface area (Å²) in [5.74, 6) is 5.21. The van der Waals surface area contributed by atoms with Gasteiger partial charge in [-0.05, 0) is 143 Å². The summed E-state index contributed by atoms with van der Waals surface area (Å²) in [6.45, 7) is 13.4. The second-order valence-corrected chi connectivity index (χ2v) is 17.1. The Hall–Kier alpha value is -0.970. The number of ketones is 1. The van der Waals surface area contributed by atoms with Crippen molar-refractivity contribution in [1.29, 1.82) is 0 Å². The number of carbonyl (C=O) groups is 1. The maximum absolute atomic E-state index is 12.2. The highest BCUT2D eigenvalue weighted by molar-refractivity contribution is 5.83. The minimum atomic E-state index is -0.604. The van der Waals surface area contributed by atoms with Crippen LogP contribution in [-0.4, -0.2) is 38.4 Å². The molecule has 0 aromatic rings. The van der Waals surface area contributed by atoms with E-state index in [0.29, 0.717) is 52.6 Å². The highest BCUT2D eigenvalue weighted by atomic mass is 16.3. The Labute approximate surface area is 256 Å². The van der Waals surface area contributed by atoms with E-state index in [1.807, 2.05) is 26.0 Å². The quantitative estimate of drug-likeness (QED) is 0.277. The van der Waals surface area contributed by atoms with Gasteiger partial charge in [-0.3, -0.25) is 4.79 Å². The van der Waals surface area contributed by atoms with Crippen LogP contribution in [0.4, 0.5) is 0 Å². The molecule has 11 unspecified atom stereocenters. The van der Waals surface area contributed by atoms with Gasteiger partial charge >= 0.3 is 0 Å². The molecule has 0 aromatic heterocycles. The van der Waals surface area contributed by atoms with E-state index in [0.717, 1.165) is 50.9 Å². The third kappa shape index (κ3) is 6.52. The fourth-order valence-electron chi connectivity index (χ4n) is 11.7. The first-order valence-electron chi connectivity index (χ1n) is 17.7. The zero-order chi connectivity index (χ0) is 30.5. The maximum Gasteiger partial charge on any atom is 0.136 e. The van der Waals surface area contributed by atoms with Gasteiger partial charge in [-0.2, -0.15) is 0 Å². The van der Waals surface area contributed by atoms with E-state index in [-0.39, 0.29) is 11.5 Å². The van der Waals surface area contributed by atoms with E-state index in [1.165, 1.54) is 44.9 Å². The summed E-state index contributed by atoms with van der Waals surface area (Å²) in [6, 6.07) is 0. The minimum Gasteiger partial charge on any atom is -0.393 e. The number of aliphatic hydroxyl groups excluding tert-OH is 1. The van der Waals surface area contributed by atoms with Crippen molar-refractivity contribution in [2.24, 2.45) is 58.2 Å². The highest BCUT2D eigenvalue weighted by Crippen LogP contribution is 2.59. The molecule has 0 aliphatic heterocycles. The second-order valence-electron chi connectivity index (χ2n) is 17.1. The van der Waals surface area contributed by atoms with Crippen LogP contribution in [0.3, 0.4) is 0 Å². The molecule has 4 fully saturated rings. The molecule has 42 heavy (non-hydrogen) atoms. The summed E-state index contributed by atoms with van der Waals surface area (Å²) in [5, 5.41) is 30.5. The van der Waals surface area contributed by atoms with Crippen LogP contribution in [0.2, 0.25) is 0 Å². The lowest BCUT2D eigenvalue weighted by molar-refractivity contribution is -0.130. The normalized spacial score (nSPS) is 49.4. The van der Waals surface area contributed by atoms with Gasteiger partial charge in [0.15, 0.2) is 0 Å². The average Bonchev–Trinajstić information content (AvgIpc) is 3.62. The molecule has 6 aliphatic carbocycles. The number of rotatable bonds is 6. The van der Waals surface area contributed by atoms with Crippen molar-refractivity contribution in [3.8, 4) is 0 Å². The molecule has 4 nitrogen and oxygen atoms in total. The summed E-state index contributed by atoms with van der Waals surface area (Å²) < 4.78 is 0. The molecule has 0 aromatic carbocycles. The van der Waals surface area contributed by atoms with E-state index < -0.39 is 11.2 Å². The van der Waals surface area contributed by atoms with E-state index in [4.69, 9.17) is 0 Å². The average molecular weight is 583 g/mol. The van der Waals surface area contributed by atoms with E-state index >= 15 is 0 Å².